The first-order valence-electron chi connectivity index (χ1n) is 6.12. The molecular formula is C14H16F3N. The molecule has 0 amide bonds. The van der Waals surface area contributed by atoms with Gasteiger partial charge < -0.3 is 4.98 Å². The zero-order valence-corrected chi connectivity index (χ0v) is 10.4. The number of aromatic amines is 1. The van der Waals surface area contributed by atoms with Crippen LogP contribution in [0.2, 0.25) is 0 Å². The number of fused-ring (bicyclic) bond motifs is 1. The van der Waals surface area contributed by atoms with E-state index in [4.69, 9.17) is 0 Å². The minimum absolute atomic E-state index is 0.197. The Hall–Kier alpha value is -1.45. The molecule has 4 heteroatoms. The molecule has 18 heavy (non-hydrogen) atoms. The topological polar surface area (TPSA) is 15.8 Å². The van der Waals surface area contributed by atoms with E-state index >= 15 is 0 Å². The van der Waals surface area contributed by atoms with Crippen LogP contribution in [0, 0.1) is 0 Å². The predicted octanol–water partition coefficient (Wildman–Crippen LogP) is 5.09. The molecule has 0 aliphatic heterocycles. The van der Waals surface area contributed by atoms with Gasteiger partial charge in [0.15, 0.2) is 0 Å². The highest BCUT2D eigenvalue weighted by Crippen LogP contribution is 2.37. The molecule has 1 unspecified atom stereocenters. The van der Waals surface area contributed by atoms with E-state index in [1.807, 2.05) is 6.92 Å². The fraction of sp³-hybridized carbons (Fsp3) is 0.429. The maximum atomic E-state index is 12.9. The second kappa shape index (κ2) is 4.67. The van der Waals surface area contributed by atoms with Crippen LogP contribution >= 0.6 is 0 Å². The van der Waals surface area contributed by atoms with Gasteiger partial charge in [0, 0.05) is 11.6 Å². The van der Waals surface area contributed by atoms with Crippen LogP contribution < -0.4 is 0 Å². The van der Waals surface area contributed by atoms with Gasteiger partial charge in [-0.1, -0.05) is 32.4 Å². The minimum atomic E-state index is -4.31. The fourth-order valence-electron chi connectivity index (χ4n) is 2.41. The first-order chi connectivity index (χ1) is 8.45. The van der Waals surface area contributed by atoms with Gasteiger partial charge in [-0.05, 0) is 24.0 Å². The zero-order chi connectivity index (χ0) is 13.3. The normalized spacial score (nSPS) is 14.1. The van der Waals surface area contributed by atoms with Crippen molar-refractivity contribution in [3.05, 3.63) is 35.5 Å². The van der Waals surface area contributed by atoms with Crippen molar-refractivity contribution in [2.45, 2.75) is 38.8 Å². The summed E-state index contributed by atoms with van der Waals surface area (Å²) in [6.07, 6.45) is -0.605. The zero-order valence-electron chi connectivity index (χ0n) is 10.4. The van der Waals surface area contributed by atoms with Gasteiger partial charge in [0.25, 0.3) is 0 Å². The average Bonchev–Trinajstić information content (AvgIpc) is 2.71. The van der Waals surface area contributed by atoms with Gasteiger partial charge in [-0.15, -0.1) is 0 Å². The molecule has 2 aromatic rings. The number of hydrogen-bond acceptors (Lipinski definition) is 0. The lowest BCUT2D eigenvalue weighted by atomic mass is 9.95. The fourth-order valence-corrected chi connectivity index (χ4v) is 2.41. The van der Waals surface area contributed by atoms with Crippen LogP contribution in [0.4, 0.5) is 13.2 Å². The number of alkyl halides is 3. The first-order valence-corrected chi connectivity index (χ1v) is 6.12. The Morgan fingerprint density at radius 1 is 1.28 bits per heavy atom. The van der Waals surface area contributed by atoms with E-state index in [2.05, 4.69) is 11.9 Å². The predicted molar refractivity (Wildman–Crippen MR) is 66.6 cm³/mol. The van der Waals surface area contributed by atoms with Gasteiger partial charge in [-0.2, -0.15) is 13.2 Å². The summed E-state index contributed by atoms with van der Waals surface area (Å²) in [6, 6.07) is 4.34. The number of aromatic nitrogens is 1. The van der Waals surface area contributed by atoms with Gasteiger partial charge in [-0.25, -0.2) is 0 Å². The van der Waals surface area contributed by atoms with E-state index in [1.54, 1.807) is 12.3 Å². The van der Waals surface area contributed by atoms with E-state index in [1.165, 1.54) is 6.07 Å². The van der Waals surface area contributed by atoms with Crippen LogP contribution in [0.1, 0.15) is 43.7 Å². The van der Waals surface area contributed by atoms with E-state index in [0.29, 0.717) is 5.39 Å². The summed E-state index contributed by atoms with van der Waals surface area (Å²) in [4.78, 5) is 2.78. The van der Waals surface area contributed by atoms with Crippen LogP contribution in [-0.2, 0) is 6.18 Å². The maximum absolute atomic E-state index is 12.9. The Kier molecular flexibility index (Phi) is 3.37. The van der Waals surface area contributed by atoms with Gasteiger partial charge in [-0.3, -0.25) is 0 Å². The summed E-state index contributed by atoms with van der Waals surface area (Å²) in [5.74, 6) is 0.271. The van der Waals surface area contributed by atoms with Crippen molar-refractivity contribution in [2.24, 2.45) is 0 Å². The Morgan fingerprint density at radius 2 is 2.00 bits per heavy atom. The highest BCUT2D eigenvalue weighted by atomic mass is 19.4. The standard InChI is InChI=1S/C14H16F3N/c1-3-5-9(2)11-8-18-13-10(11)6-4-7-12(13)14(15,16)17/h4,6-9,18H,3,5H2,1-2H3. The second-order valence-electron chi connectivity index (χ2n) is 4.66. The average molecular weight is 255 g/mol. The molecule has 0 radical (unpaired) electrons. The van der Waals surface area contributed by atoms with Crippen molar-refractivity contribution in [1.29, 1.82) is 0 Å². The number of nitrogens with one attached hydrogen (secondary N) is 1. The smallest absolute Gasteiger partial charge is 0.360 e. The number of halogens is 3. The molecule has 0 saturated heterocycles. The molecule has 1 N–H and O–H groups in total. The van der Waals surface area contributed by atoms with Gasteiger partial charge in [0.1, 0.15) is 0 Å². The number of benzene rings is 1. The molecule has 2 rings (SSSR count). The quantitative estimate of drug-likeness (QED) is 0.786. The Morgan fingerprint density at radius 3 is 2.61 bits per heavy atom. The summed E-state index contributed by atoms with van der Waals surface area (Å²) in [7, 11) is 0. The lowest BCUT2D eigenvalue weighted by Crippen LogP contribution is -2.05. The molecule has 1 atom stereocenters. The van der Waals surface area contributed by atoms with Crippen LogP contribution in [0.15, 0.2) is 24.4 Å². The summed E-state index contributed by atoms with van der Waals surface area (Å²) in [5, 5.41) is 0.686. The summed E-state index contributed by atoms with van der Waals surface area (Å²) >= 11 is 0. The van der Waals surface area contributed by atoms with Gasteiger partial charge in [0.2, 0.25) is 0 Å². The molecule has 1 heterocycles. The first kappa shape index (κ1) is 13.0. The van der Waals surface area contributed by atoms with Crippen molar-refractivity contribution < 1.29 is 13.2 Å². The van der Waals surface area contributed by atoms with Crippen molar-refractivity contribution in [1.82, 2.24) is 4.98 Å². The van der Waals surface area contributed by atoms with Crippen molar-refractivity contribution in [2.75, 3.05) is 0 Å². The molecule has 0 saturated carbocycles. The number of para-hydroxylation sites is 1. The Bertz CT molecular complexity index is 539. The van der Waals surface area contributed by atoms with Crippen molar-refractivity contribution >= 4 is 10.9 Å². The van der Waals surface area contributed by atoms with Gasteiger partial charge >= 0.3 is 6.18 Å². The van der Waals surface area contributed by atoms with Crippen LogP contribution in [-0.4, -0.2) is 4.98 Å². The molecule has 0 fully saturated rings. The molecule has 98 valence electrons. The SMILES string of the molecule is CCCC(C)c1c[nH]c2c(C(F)(F)F)cccc12. The molecule has 0 bridgehead atoms. The highest BCUT2D eigenvalue weighted by Gasteiger charge is 2.33. The summed E-state index contributed by atoms with van der Waals surface area (Å²) < 4.78 is 38.6. The number of hydrogen-bond donors (Lipinski definition) is 1. The van der Waals surface area contributed by atoms with Gasteiger partial charge in [0.05, 0.1) is 11.1 Å². The molecular weight excluding hydrogens is 239 g/mol. The number of H-pyrrole nitrogens is 1. The molecule has 1 nitrogen and oxygen atoms in total. The Labute approximate surface area is 104 Å². The third-order valence-corrected chi connectivity index (χ3v) is 3.31. The van der Waals surface area contributed by atoms with Crippen LogP contribution in [0.5, 0.6) is 0 Å². The summed E-state index contributed by atoms with van der Waals surface area (Å²) in [5.41, 5.74) is 0.579. The lowest BCUT2D eigenvalue weighted by Gasteiger charge is -2.10. The van der Waals surface area contributed by atoms with E-state index in [0.717, 1.165) is 24.5 Å². The molecule has 1 aromatic heterocycles. The van der Waals surface area contributed by atoms with E-state index in [9.17, 15) is 13.2 Å². The molecule has 0 aliphatic rings. The third-order valence-electron chi connectivity index (χ3n) is 3.31. The van der Waals surface area contributed by atoms with E-state index in [-0.39, 0.29) is 11.4 Å². The lowest BCUT2D eigenvalue weighted by molar-refractivity contribution is -0.136. The largest absolute Gasteiger partial charge is 0.418 e. The monoisotopic (exact) mass is 255 g/mol. The summed E-state index contributed by atoms with van der Waals surface area (Å²) in [6.45, 7) is 4.12. The van der Waals surface area contributed by atoms with Crippen LogP contribution in [0.25, 0.3) is 10.9 Å². The Balaban J connectivity index is 2.55. The second-order valence-corrected chi connectivity index (χ2v) is 4.66. The van der Waals surface area contributed by atoms with Crippen molar-refractivity contribution in [3.63, 3.8) is 0 Å². The molecule has 0 aliphatic carbocycles. The molecule has 0 spiro atoms. The van der Waals surface area contributed by atoms with E-state index < -0.39 is 11.7 Å². The van der Waals surface area contributed by atoms with Crippen molar-refractivity contribution in [3.8, 4) is 0 Å². The third kappa shape index (κ3) is 2.24. The van der Waals surface area contributed by atoms with Crippen LogP contribution in [0.3, 0.4) is 0 Å². The molecule has 1 aromatic carbocycles. The maximum Gasteiger partial charge on any atom is 0.418 e. The highest BCUT2D eigenvalue weighted by molar-refractivity contribution is 5.86. The minimum Gasteiger partial charge on any atom is -0.360 e. The number of rotatable bonds is 3.